The first-order valence-corrected chi connectivity index (χ1v) is 11.2. The smallest absolute Gasteiger partial charge is 0.220 e. The van der Waals surface area contributed by atoms with E-state index in [1.165, 1.54) is 12.1 Å². The number of benzene rings is 1. The molecule has 2 aliphatic rings. The maximum Gasteiger partial charge on any atom is 0.220 e. The number of sulfone groups is 1. The van der Waals surface area contributed by atoms with Crippen LogP contribution in [0.15, 0.2) is 18.2 Å². The van der Waals surface area contributed by atoms with E-state index in [0.717, 1.165) is 18.9 Å². The molecule has 1 N–H and O–H groups in total. The molecule has 1 saturated heterocycles. The molecular formula is C19H25F2NO4S. The average Bonchev–Trinajstić information content (AvgIpc) is 2.58. The normalized spacial score (nSPS) is 25.7. The Morgan fingerprint density at radius 1 is 1.00 bits per heavy atom. The molecule has 1 aliphatic carbocycles. The standard InChI is InChI=1S/C19H25F2NO4S/c20-14-10-15(21)12-18(11-14)26-17-3-1-16(2-4-17)22-19(23)9-13-5-7-27(24,25)8-6-13/h10-13,16-17H,1-9H2,(H,22,23). The third kappa shape index (κ3) is 6.16. The number of hydrogen-bond acceptors (Lipinski definition) is 4. The molecule has 0 unspecified atom stereocenters. The Morgan fingerprint density at radius 3 is 2.19 bits per heavy atom. The van der Waals surface area contributed by atoms with Crippen LogP contribution in [0.1, 0.15) is 44.9 Å². The summed E-state index contributed by atoms with van der Waals surface area (Å²) in [6.45, 7) is 0. The molecule has 0 aromatic heterocycles. The van der Waals surface area contributed by atoms with Crippen molar-refractivity contribution in [1.29, 1.82) is 0 Å². The summed E-state index contributed by atoms with van der Waals surface area (Å²) >= 11 is 0. The fourth-order valence-corrected chi connectivity index (χ4v) is 5.39. The van der Waals surface area contributed by atoms with Crippen LogP contribution in [0.2, 0.25) is 0 Å². The largest absolute Gasteiger partial charge is 0.490 e. The molecule has 150 valence electrons. The lowest BCUT2D eigenvalue weighted by Gasteiger charge is -2.30. The van der Waals surface area contributed by atoms with Gasteiger partial charge in [-0.2, -0.15) is 0 Å². The molecule has 5 nitrogen and oxygen atoms in total. The molecule has 0 radical (unpaired) electrons. The van der Waals surface area contributed by atoms with Gasteiger partial charge in [-0.15, -0.1) is 0 Å². The topological polar surface area (TPSA) is 72.5 Å². The Kier molecular flexibility index (Phi) is 6.34. The SMILES string of the molecule is O=C(CC1CCS(=O)(=O)CC1)NC1CCC(Oc2cc(F)cc(F)c2)CC1. The molecule has 1 amide bonds. The number of nitrogens with one attached hydrogen (secondary N) is 1. The second-order valence-electron chi connectivity index (χ2n) is 7.56. The Hall–Kier alpha value is -1.70. The zero-order valence-corrected chi connectivity index (χ0v) is 15.9. The number of ether oxygens (including phenoxy) is 1. The first kappa shape index (κ1) is 20.0. The van der Waals surface area contributed by atoms with Crippen molar-refractivity contribution < 1.29 is 26.7 Å². The predicted octanol–water partition coefficient (Wildman–Crippen LogP) is 2.99. The van der Waals surface area contributed by atoms with Gasteiger partial charge in [-0.3, -0.25) is 4.79 Å². The van der Waals surface area contributed by atoms with Crippen LogP contribution >= 0.6 is 0 Å². The van der Waals surface area contributed by atoms with Crippen LogP contribution in [-0.4, -0.2) is 38.0 Å². The number of halogens is 2. The molecule has 1 heterocycles. The highest BCUT2D eigenvalue weighted by atomic mass is 32.2. The number of amides is 1. The van der Waals surface area contributed by atoms with E-state index in [2.05, 4.69) is 5.32 Å². The van der Waals surface area contributed by atoms with E-state index in [1.54, 1.807) is 0 Å². The molecule has 1 aromatic rings. The molecule has 0 bridgehead atoms. The van der Waals surface area contributed by atoms with Crippen LogP contribution < -0.4 is 10.1 Å². The van der Waals surface area contributed by atoms with Gasteiger partial charge in [-0.1, -0.05) is 0 Å². The van der Waals surface area contributed by atoms with E-state index in [1.807, 2.05) is 0 Å². The highest BCUT2D eigenvalue weighted by Crippen LogP contribution is 2.26. The number of carbonyl (C=O) groups is 1. The summed E-state index contributed by atoms with van der Waals surface area (Å²) in [6.07, 6.45) is 4.24. The van der Waals surface area contributed by atoms with Crippen LogP contribution in [-0.2, 0) is 14.6 Å². The predicted molar refractivity (Wildman–Crippen MR) is 97.2 cm³/mol. The Morgan fingerprint density at radius 2 is 1.59 bits per heavy atom. The third-order valence-electron chi connectivity index (χ3n) is 5.33. The lowest BCUT2D eigenvalue weighted by atomic mass is 9.92. The number of carbonyl (C=O) groups excluding carboxylic acids is 1. The molecule has 3 rings (SSSR count). The van der Waals surface area contributed by atoms with Gasteiger partial charge in [0.2, 0.25) is 5.91 Å². The van der Waals surface area contributed by atoms with Gasteiger partial charge in [0.25, 0.3) is 0 Å². The van der Waals surface area contributed by atoms with Crippen molar-refractivity contribution in [3.63, 3.8) is 0 Å². The van der Waals surface area contributed by atoms with E-state index in [-0.39, 0.29) is 41.2 Å². The van der Waals surface area contributed by atoms with Gasteiger partial charge in [0.1, 0.15) is 27.2 Å². The van der Waals surface area contributed by atoms with Gasteiger partial charge in [0.15, 0.2) is 0 Å². The highest BCUT2D eigenvalue weighted by Gasteiger charge is 2.27. The molecular weight excluding hydrogens is 376 g/mol. The zero-order valence-electron chi connectivity index (χ0n) is 15.1. The van der Waals surface area contributed by atoms with Gasteiger partial charge in [-0.25, -0.2) is 17.2 Å². The van der Waals surface area contributed by atoms with Gasteiger partial charge < -0.3 is 10.1 Å². The fraction of sp³-hybridized carbons (Fsp3) is 0.632. The quantitative estimate of drug-likeness (QED) is 0.823. The van der Waals surface area contributed by atoms with Gasteiger partial charge in [-0.05, 0) is 44.4 Å². The summed E-state index contributed by atoms with van der Waals surface area (Å²) in [5, 5.41) is 3.03. The highest BCUT2D eigenvalue weighted by molar-refractivity contribution is 7.91. The van der Waals surface area contributed by atoms with Crippen LogP contribution in [0.3, 0.4) is 0 Å². The second kappa shape index (κ2) is 8.54. The monoisotopic (exact) mass is 401 g/mol. The third-order valence-corrected chi connectivity index (χ3v) is 7.04. The van der Waals surface area contributed by atoms with Crippen molar-refractivity contribution in [3.05, 3.63) is 29.8 Å². The van der Waals surface area contributed by atoms with E-state index in [9.17, 15) is 22.0 Å². The number of rotatable bonds is 5. The van der Waals surface area contributed by atoms with E-state index in [4.69, 9.17) is 4.74 Å². The van der Waals surface area contributed by atoms with Crippen molar-refractivity contribution in [2.75, 3.05) is 11.5 Å². The summed E-state index contributed by atoms with van der Waals surface area (Å²) in [7, 11) is -2.91. The molecule has 1 aromatic carbocycles. The van der Waals surface area contributed by atoms with Crippen LogP contribution in [0.5, 0.6) is 5.75 Å². The number of hydrogen-bond donors (Lipinski definition) is 1. The Bertz CT molecular complexity index is 742. The minimum atomic E-state index is -2.91. The van der Waals surface area contributed by atoms with Gasteiger partial charge in [0.05, 0.1) is 17.6 Å². The van der Waals surface area contributed by atoms with E-state index < -0.39 is 21.5 Å². The molecule has 27 heavy (non-hydrogen) atoms. The molecule has 1 aliphatic heterocycles. The van der Waals surface area contributed by atoms with Gasteiger partial charge in [0, 0.05) is 30.7 Å². The summed E-state index contributed by atoms with van der Waals surface area (Å²) in [6, 6.07) is 3.21. The maximum atomic E-state index is 13.2. The lowest BCUT2D eigenvalue weighted by molar-refractivity contribution is -0.123. The lowest BCUT2D eigenvalue weighted by Crippen LogP contribution is -2.40. The van der Waals surface area contributed by atoms with E-state index in [0.29, 0.717) is 32.1 Å². The minimum Gasteiger partial charge on any atom is -0.490 e. The van der Waals surface area contributed by atoms with Crippen LogP contribution in [0, 0.1) is 17.6 Å². The van der Waals surface area contributed by atoms with Crippen LogP contribution in [0.25, 0.3) is 0 Å². The maximum absolute atomic E-state index is 13.2. The van der Waals surface area contributed by atoms with Crippen molar-refractivity contribution in [2.45, 2.75) is 57.1 Å². The molecule has 0 spiro atoms. The van der Waals surface area contributed by atoms with Crippen LogP contribution in [0.4, 0.5) is 8.78 Å². The van der Waals surface area contributed by atoms with Crippen molar-refractivity contribution in [1.82, 2.24) is 5.32 Å². The molecule has 1 saturated carbocycles. The first-order chi connectivity index (χ1) is 12.8. The fourth-order valence-electron chi connectivity index (χ4n) is 3.81. The minimum absolute atomic E-state index is 0.0316. The van der Waals surface area contributed by atoms with E-state index >= 15 is 0 Å². The first-order valence-electron chi connectivity index (χ1n) is 9.41. The van der Waals surface area contributed by atoms with Crippen molar-refractivity contribution >= 4 is 15.7 Å². The molecule has 2 fully saturated rings. The molecule has 8 heteroatoms. The van der Waals surface area contributed by atoms with Gasteiger partial charge >= 0.3 is 0 Å². The molecule has 0 atom stereocenters. The van der Waals surface area contributed by atoms with Crippen molar-refractivity contribution in [3.8, 4) is 5.75 Å². The summed E-state index contributed by atoms with van der Waals surface area (Å²) in [5.74, 6) is -0.690. The van der Waals surface area contributed by atoms with Crippen molar-refractivity contribution in [2.24, 2.45) is 5.92 Å². The second-order valence-corrected chi connectivity index (χ2v) is 9.87. The summed E-state index contributed by atoms with van der Waals surface area (Å²) in [4.78, 5) is 12.2. The Labute approximate surface area is 158 Å². The average molecular weight is 401 g/mol. The zero-order chi connectivity index (χ0) is 19.4. The summed E-state index contributed by atoms with van der Waals surface area (Å²) < 4.78 is 55.0. The Balaban J connectivity index is 1.39. The summed E-state index contributed by atoms with van der Waals surface area (Å²) in [5.41, 5.74) is 0.